The van der Waals surface area contributed by atoms with Crippen molar-refractivity contribution in [2.24, 2.45) is 22.4 Å². The number of hydrogen-bond acceptors (Lipinski definition) is 2. The van der Waals surface area contributed by atoms with Crippen LogP contribution in [0.2, 0.25) is 0 Å². The smallest absolute Gasteiger partial charge is 0.351 e. The predicted molar refractivity (Wildman–Crippen MR) is 46.4 cm³/mol. The quantitative estimate of drug-likeness (QED) is 0.227. The summed E-state index contributed by atoms with van der Waals surface area (Å²) >= 11 is 0. The largest absolute Gasteiger partial charge is 0.478 e. The maximum Gasteiger partial charge on any atom is 0.351 e. The van der Waals surface area contributed by atoms with Crippen LogP contribution in [0.15, 0.2) is 4.99 Å². The number of nitrogens with two attached hydrogens (primary N) is 2. The van der Waals surface area contributed by atoms with E-state index in [0.717, 1.165) is 0 Å². The normalized spacial score (nSPS) is 12.0. The highest BCUT2D eigenvalue weighted by atomic mass is 16.4. The van der Waals surface area contributed by atoms with Gasteiger partial charge in [0.1, 0.15) is 0 Å². The summed E-state index contributed by atoms with van der Waals surface area (Å²) in [5.74, 6) is -1.43. The Bertz CT molecular complexity index is 175. The first-order chi connectivity index (χ1) is 5.54. The SMILES string of the molecule is [CH2+]C(CCCN=C(N)N)C(=O)O. The van der Waals surface area contributed by atoms with Crippen LogP contribution < -0.4 is 11.5 Å². The number of nitrogens with zero attached hydrogens (tertiary/aromatic N) is 1. The Balaban J connectivity index is 3.44. The van der Waals surface area contributed by atoms with Gasteiger partial charge in [-0.1, -0.05) is 0 Å². The van der Waals surface area contributed by atoms with Crippen molar-refractivity contribution in [1.82, 2.24) is 0 Å². The molecule has 0 aliphatic carbocycles. The number of hydrogen-bond donors (Lipinski definition) is 3. The summed E-state index contributed by atoms with van der Waals surface area (Å²) in [4.78, 5) is 14.0. The van der Waals surface area contributed by atoms with Crippen LogP contribution in [0.1, 0.15) is 12.8 Å². The number of rotatable bonds is 5. The van der Waals surface area contributed by atoms with E-state index in [1.807, 2.05) is 0 Å². The third-order valence-electron chi connectivity index (χ3n) is 1.35. The van der Waals surface area contributed by atoms with E-state index in [0.29, 0.717) is 19.4 Å². The fourth-order valence-electron chi connectivity index (χ4n) is 0.669. The second-order valence-electron chi connectivity index (χ2n) is 2.48. The van der Waals surface area contributed by atoms with Crippen LogP contribution in [0.4, 0.5) is 0 Å². The third-order valence-corrected chi connectivity index (χ3v) is 1.35. The highest BCUT2D eigenvalue weighted by Gasteiger charge is 2.16. The maximum atomic E-state index is 10.3. The Kier molecular flexibility index (Phi) is 4.67. The third kappa shape index (κ3) is 5.40. The van der Waals surface area contributed by atoms with Gasteiger partial charge in [0.15, 0.2) is 11.9 Å². The molecule has 0 rings (SSSR count). The van der Waals surface area contributed by atoms with E-state index in [9.17, 15) is 4.79 Å². The monoisotopic (exact) mass is 172 g/mol. The molecule has 0 aromatic carbocycles. The van der Waals surface area contributed by atoms with Gasteiger partial charge in [0.25, 0.3) is 0 Å². The zero-order chi connectivity index (χ0) is 9.56. The predicted octanol–water partition coefficient (Wildman–Crippen LogP) is -0.425. The molecule has 0 fully saturated rings. The van der Waals surface area contributed by atoms with Crippen molar-refractivity contribution in [3.63, 3.8) is 0 Å². The molecular formula is C7H14N3O2+. The van der Waals surface area contributed by atoms with Crippen molar-refractivity contribution < 1.29 is 9.90 Å². The molecule has 68 valence electrons. The van der Waals surface area contributed by atoms with Crippen LogP contribution in [0.3, 0.4) is 0 Å². The Morgan fingerprint density at radius 1 is 1.58 bits per heavy atom. The zero-order valence-electron chi connectivity index (χ0n) is 6.86. The topological polar surface area (TPSA) is 102 Å². The van der Waals surface area contributed by atoms with Gasteiger partial charge in [-0.3, -0.25) is 4.99 Å². The average molecular weight is 172 g/mol. The van der Waals surface area contributed by atoms with Crippen LogP contribution in [0.25, 0.3) is 0 Å². The van der Waals surface area contributed by atoms with E-state index in [4.69, 9.17) is 16.6 Å². The molecular weight excluding hydrogens is 158 g/mol. The van der Waals surface area contributed by atoms with Crippen LogP contribution >= 0.6 is 0 Å². The fraction of sp³-hybridized carbons (Fsp3) is 0.571. The molecule has 0 aliphatic heterocycles. The number of carbonyl (C=O) groups is 1. The number of aliphatic carboxylic acids is 1. The molecule has 5 N–H and O–H groups in total. The first kappa shape index (κ1) is 10.6. The van der Waals surface area contributed by atoms with E-state index in [1.165, 1.54) is 0 Å². The van der Waals surface area contributed by atoms with Crippen molar-refractivity contribution >= 4 is 11.9 Å². The van der Waals surface area contributed by atoms with E-state index in [2.05, 4.69) is 11.9 Å². The highest BCUT2D eigenvalue weighted by molar-refractivity contribution is 5.75. The van der Waals surface area contributed by atoms with Crippen molar-refractivity contribution in [2.45, 2.75) is 12.8 Å². The van der Waals surface area contributed by atoms with Gasteiger partial charge in [0.2, 0.25) is 0 Å². The van der Waals surface area contributed by atoms with Crippen LogP contribution in [0.5, 0.6) is 0 Å². The summed E-state index contributed by atoms with van der Waals surface area (Å²) in [6, 6.07) is 0. The van der Waals surface area contributed by atoms with E-state index >= 15 is 0 Å². The molecule has 1 atom stereocenters. The second kappa shape index (κ2) is 5.29. The minimum absolute atomic E-state index is 0.0333. The number of carboxylic acid groups (broad SMARTS) is 1. The summed E-state index contributed by atoms with van der Waals surface area (Å²) < 4.78 is 0. The van der Waals surface area contributed by atoms with Crippen molar-refractivity contribution in [3.8, 4) is 0 Å². The molecule has 0 bridgehead atoms. The van der Waals surface area contributed by atoms with Crippen LogP contribution in [-0.4, -0.2) is 23.6 Å². The molecule has 0 aliphatic rings. The lowest BCUT2D eigenvalue weighted by Gasteiger charge is -1.97. The van der Waals surface area contributed by atoms with Crippen molar-refractivity contribution in [1.29, 1.82) is 0 Å². The molecule has 12 heavy (non-hydrogen) atoms. The number of carboxylic acids is 1. The molecule has 0 radical (unpaired) electrons. The Hall–Kier alpha value is -1.39. The summed E-state index contributed by atoms with van der Waals surface area (Å²) in [7, 11) is 0. The first-order valence-electron chi connectivity index (χ1n) is 3.65. The summed E-state index contributed by atoms with van der Waals surface area (Å²) in [6.07, 6.45) is 1.13. The van der Waals surface area contributed by atoms with Gasteiger partial charge in [-0.2, -0.15) is 0 Å². The first-order valence-corrected chi connectivity index (χ1v) is 3.65. The molecule has 0 saturated heterocycles. The van der Waals surface area contributed by atoms with E-state index in [1.54, 1.807) is 0 Å². The summed E-state index contributed by atoms with van der Waals surface area (Å²) in [5, 5.41) is 8.44. The van der Waals surface area contributed by atoms with E-state index < -0.39 is 11.9 Å². The molecule has 1 unspecified atom stereocenters. The number of guanidine groups is 1. The molecule has 5 nitrogen and oxygen atoms in total. The molecule has 0 spiro atoms. The van der Waals surface area contributed by atoms with Gasteiger partial charge in [-0.05, 0) is 6.42 Å². The fourth-order valence-corrected chi connectivity index (χ4v) is 0.669. The Morgan fingerprint density at radius 2 is 2.17 bits per heavy atom. The van der Waals surface area contributed by atoms with Gasteiger partial charge in [-0.15, -0.1) is 0 Å². The molecule has 5 heteroatoms. The van der Waals surface area contributed by atoms with E-state index in [-0.39, 0.29) is 5.96 Å². The minimum atomic E-state index is -0.889. The summed E-state index contributed by atoms with van der Waals surface area (Å²) in [6.45, 7) is 3.90. The summed E-state index contributed by atoms with van der Waals surface area (Å²) in [5.41, 5.74) is 10.1. The second-order valence-corrected chi connectivity index (χ2v) is 2.48. The lowest BCUT2D eigenvalue weighted by Crippen LogP contribution is -2.23. The standard InChI is InChI=1S/C7H13N3O2/c1-5(6(11)12)3-2-4-10-7(8)9/h5H,1-4H2,(H4-,8,9,10,11,12)/p+1. The lowest BCUT2D eigenvalue weighted by atomic mass is 10.1. The van der Waals surface area contributed by atoms with Gasteiger partial charge >= 0.3 is 5.97 Å². The highest BCUT2D eigenvalue weighted by Crippen LogP contribution is 2.04. The molecule has 0 saturated carbocycles. The van der Waals surface area contributed by atoms with Gasteiger partial charge < -0.3 is 16.6 Å². The zero-order valence-corrected chi connectivity index (χ0v) is 6.86. The van der Waals surface area contributed by atoms with Crippen LogP contribution in [-0.2, 0) is 4.79 Å². The molecule has 0 aromatic rings. The van der Waals surface area contributed by atoms with Crippen molar-refractivity contribution in [2.75, 3.05) is 6.54 Å². The Labute approximate surface area is 71.5 Å². The van der Waals surface area contributed by atoms with Crippen LogP contribution in [0, 0.1) is 12.8 Å². The van der Waals surface area contributed by atoms with Gasteiger partial charge in [-0.25, -0.2) is 4.79 Å². The molecule has 0 amide bonds. The minimum Gasteiger partial charge on any atom is -0.478 e. The maximum absolute atomic E-state index is 10.3. The molecule has 0 aromatic heterocycles. The lowest BCUT2D eigenvalue weighted by molar-refractivity contribution is -0.140. The van der Waals surface area contributed by atoms with Gasteiger partial charge in [0, 0.05) is 13.0 Å². The average Bonchev–Trinajstić information content (AvgIpc) is 1.97. The Morgan fingerprint density at radius 3 is 2.58 bits per heavy atom. The van der Waals surface area contributed by atoms with Crippen molar-refractivity contribution in [3.05, 3.63) is 6.92 Å². The molecule has 0 heterocycles. The number of aliphatic imine (C=N–C) groups is 1. The van der Waals surface area contributed by atoms with Gasteiger partial charge in [0.05, 0.1) is 6.92 Å².